The van der Waals surface area contributed by atoms with Crippen molar-refractivity contribution in [2.75, 3.05) is 4.90 Å². The Balaban J connectivity index is 0.955. The molecule has 0 radical (unpaired) electrons. The van der Waals surface area contributed by atoms with Crippen LogP contribution < -0.4 is 4.90 Å². The Labute approximate surface area is 363 Å². The van der Waals surface area contributed by atoms with Crippen LogP contribution in [0.25, 0.3) is 44.5 Å². The molecule has 7 aromatic carbocycles. The van der Waals surface area contributed by atoms with Crippen LogP contribution in [0.15, 0.2) is 164 Å². The van der Waals surface area contributed by atoms with Crippen LogP contribution >= 0.6 is 0 Å². The van der Waals surface area contributed by atoms with E-state index in [0.717, 1.165) is 40.7 Å². The van der Waals surface area contributed by atoms with Crippen LogP contribution in [-0.4, -0.2) is 0 Å². The van der Waals surface area contributed by atoms with Gasteiger partial charge in [-0.2, -0.15) is 0 Å². The van der Waals surface area contributed by atoms with E-state index < -0.39 is 0 Å². The minimum atomic E-state index is 0.157. The van der Waals surface area contributed by atoms with E-state index in [4.69, 9.17) is 0 Å². The maximum Gasteiger partial charge on any atom is 0.0467 e. The summed E-state index contributed by atoms with van der Waals surface area (Å²) in [6, 6.07) is 62.6. The molecule has 0 saturated heterocycles. The number of rotatable bonds is 6. The molecule has 4 bridgehead atoms. The summed E-state index contributed by atoms with van der Waals surface area (Å²) in [6.07, 6.45) is 9.55. The van der Waals surface area contributed by atoms with Gasteiger partial charge < -0.3 is 4.90 Å². The highest BCUT2D eigenvalue weighted by Crippen LogP contribution is 2.70. The van der Waals surface area contributed by atoms with Crippen molar-refractivity contribution in [3.63, 3.8) is 0 Å². The number of fused-ring (bicyclic) bond motifs is 4. The lowest BCUT2D eigenvalue weighted by Gasteiger charge is -2.61. The summed E-state index contributed by atoms with van der Waals surface area (Å²) in [5.74, 6) is 3.41. The van der Waals surface area contributed by atoms with E-state index in [1.807, 2.05) is 0 Å². The highest BCUT2D eigenvalue weighted by Gasteiger charge is 2.61. The Kier molecular flexibility index (Phi) is 8.32. The molecule has 1 heteroatoms. The fourth-order valence-corrected chi connectivity index (χ4v) is 13.7. The lowest BCUT2D eigenvalue weighted by atomic mass is 9.43. The molecule has 61 heavy (non-hydrogen) atoms. The van der Waals surface area contributed by atoms with Crippen molar-refractivity contribution >= 4 is 17.1 Å². The van der Waals surface area contributed by atoms with E-state index in [0.29, 0.717) is 0 Å². The number of anilines is 3. The molecule has 0 heterocycles. The van der Waals surface area contributed by atoms with Crippen molar-refractivity contribution in [3.05, 3.63) is 186 Å². The van der Waals surface area contributed by atoms with Crippen LogP contribution in [0.5, 0.6) is 0 Å². The SMILES string of the molecule is CC1(C)CCC(C)(C)c2cc(-c3cccc(N(c4ccc(-c5ccccc5)cc4)c4ccc(-c5cccc6c5-c5ccccc5C65C6CC7CC(C6)CC5C7)cc4)c3)ccc21. The zero-order valence-corrected chi connectivity index (χ0v) is 36.3. The topological polar surface area (TPSA) is 3.24 Å². The molecule has 4 saturated carbocycles. The third-order valence-corrected chi connectivity index (χ3v) is 16.5. The van der Waals surface area contributed by atoms with Crippen molar-refractivity contribution < 1.29 is 0 Å². The van der Waals surface area contributed by atoms with E-state index in [9.17, 15) is 0 Å². The average molecular weight is 792 g/mol. The number of nitrogens with zero attached hydrogens (tertiary/aromatic N) is 1. The summed E-state index contributed by atoms with van der Waals surface area (Å²) in [4.78, 5) is 2.45. The van der Waals surface area contributed by atoms with Gasteiger partial charge in [-0.15, -0.1) is 0 Å². The minimum absolute atomic E-state index is 0.157. The van der Waals surface area contributed by atoms with Gasteiger partial charge >= 0.3 is 0 Å². The first-order valence-electron chi connectivity index (χ1n) is 23.2. The zero-order valence-electron chi connectivity index (χ0n) is 36.3. The van der Waals surface area contributed by atoms with Gasteiger partial charge in [-0.25, -0.2) is 0 Å². The molecule has 4 fully saturated rings. The van der Waals surface area contributed by atoms with Gasteiger partial charge in [0.1, 0.15) is 0 Å². The lowest BCUT2D eigenvalue weighted by molar-refractivity contribution is -0.0399. The van der Waals surface area contributed by atoms with Crippen LogP contribution in [0.2, 0.25) is 0 Å². The van der Waals surface area contributed by atoms with E-state index in [1.54, 1.807) is 11.1 Å². The summed E-state index contributed by atoms with van der Waals surface area (Å²) < 4.78 is 0. The van der Waals surface area contributed by atoms with Crippen LogP contribution in [0.3, 0.4) is 0 Å². The van der Waals surface area contributed by atoms with Crippen LogP contribution in [0.4, 0.5) is 17.1 Å². The third kappa shape index (κ3) is 5.72. The van der Waals surface area contributed by atoms with Crippen molar-refractivity contribution in [1.82, 2.24) is 0 Å². The average Bonchev–Trinajstić information content (AvgIpc) is 3.59. The molecular weight excluding hydrogens is 735 g/mol. The molecule has 0 aliphatic heterocycles. The van der Waals surface area contributed by atoms with Gasteiger partial charge in [-0.3, -0.25) is 0 Å². The van der Waals surface area contributed by atoms with Crippen LogP contribution in [0.1, 0.15) is 94.9 Å². The van der Waals surface area contributed by atoms with Gasteiger partial charge in [-0.05, 0) is 183 Å². The molecule has 1 nitrogen and oxygen atoms in total. The highest BCUT2D eigenvalue weighted by atomic mass is 15.1. The van der Waals surface area contributed by atoms with Gasteiger partial charge in [0.2, 0.25) is 0 Å². The summed E-state index contributed by atoms with van der Waals surface area (Å²) in [7, 11) is 0. The van der Waals surface area contributed by atoms with E-state index in [2.05, 4.69) is 196 Å². The van der Waals surface area contributed by atoms with Crippen molar-refractivity contribution in [3.8, 4) is 44.5 Å². The first-order valence-corrected chi connectivity index (χ1v) is 23.2. The smallest absolute Gasteiger partial charge is 0.0467 e. The number of benzene rings is 7. The van der Waals surface area contributed by atoms with E-state index in [1.165, 1.54) is 101 Å². The zero-order chi connectivity index (χ0) is 41.1. The first kappa shape index (κ1) is 37.1. The Morgan fingerprint density at radius 3 is 1.61 bits per heavy atom. The third-order valence-electron chi connectivity index (χ3n) is 16.5. The Morgan fingerprint density at radius 2 is 0.902 bits per heavy atom. The number of hydrogen-bond donors (Lipinski definition) is 0. The molecule has 302 valence electrons. The monoisotopic (exact) mass is 791 g/mol. The van der Waals surface area contributed by atoms with Crippen LogP contribution in [0, 0.1) is 23.7 Å². The van der Waals surface area contributed by atoms with Gasteiger partial charge in [0.25, 0.3) is 0 Å². The fourth-order valence-electron chi connectivity index (χ4n) is 13.7. The Morgan fingerprint density at radius 1 is 0.377 bits per heavy atom. The van der Waals surface area contributed by atoms with Gasteiger partial charge in [0.15, 0.2) is 0 Å². The van der Waals surface area contributed by atoms with Crippen molar-refractivity contribution in [2.24, 2.45) is 23.7 Å². The summed E-state index contributed by atoms with van der Waals surface area (Å²) in [6.45, 7) is 9.68. The lowest BCUT2D eigenvalue weighted by Crippen LogP contribution is -2.55. The highest BCUT2D eigenvalue weighted by molar-refractivity contribution is 5.94. The predicted octanol–water partition coefficient (Wildman–Crippen LogP) is 16.2. The van der Waals surface area contributed by atoms with E-state index >= 15 is 0 Å². The van der Waals surface area contributed by atoms with Crippen molar-refractivity contribution in [1.29, 1.82) is 0 Å². The first-order chi connectivity index (χ1) is 29.7. The van der Waals surface area contributed by atoms with Gasteiger partial charge in [-0.1, -0.05) is 155 Å². The quantitative estimate of drug-likeness (QED) is 0.162. The molecule has 1 spiro atoms. The van der Waals surface area contributed by atoms with Gasteiger partial charge in [0, 0.05) is 22.5 Å². The van der Waals surface area contributed by atoms with Crippen LogP contribution in [-0.2, 0) is 16.2 Å². The standard InChI is InChI=1S/C60H57N/c1-58(2)30-31-59(3,4)56-38-45(24-29-54(56)58)44-14-10-15-50(37-44)61(48-25-20-42(21-26-48)41-12-6-5-7-13-41)49-27-22-43(23-28-49)51-17-11-19-55-57(51)52-16-8-9-18-53(52)60(55)46-33-39-32-40(35-46)36-47(60)34-39/h5-29,37-40,46-47H,30-36H2,1-4H3. The Hall–Kier alpha value is -5.66. The minimum Gasteiger partial charge on any atom is -0.310 e. The normalized spacial score (nSPS) is 24.6. The van der Waals surface area contributed by atoms with Crippen molar-refractivity contribution in [2.45, 2.75) is 88.9 Å². The number of hydrogen-bond acceptors (Lipinski definition) is 1. The van der Waals surface area contributed by atoms with E-state index in [-0.39, 0.29) is 16.2 Å². The molecule has 0 unspecified atom stereocenters. The molecule has 0 atom stereocenters. The molecule has 0 N–H and O–H groups in total. The molecule has 0 amide bonds. The second-order valence-electron chi connectivity index (χ2n) is 20.8. The fraction of sp³-hybridized carbons (Fsp3) is 0.300. The second-order valence-corrected chi connectivity index (χ2v) is 20.8. The van der Waals surface area contributed by atoms with Gasteiger partial charge in [0.05, 0.1) is 0 Å². The predicted molar refractivity (Wildman–Crippen MR) is 256 cm³/mol. The molecule has 0 aromatic heterocycles. The summed E-state index contributed by atoms with van der Waals surface area (Å²) in [5.41, 5.74) is 20.9. The Bertz CT molecular complexity index is 2780. The molecule has 7 aromatic rings. The maximum atomic E-state index is 2.52. The molecule has 6 aliphatic rings. The molecule has 6 aliphatic carbocycles. The largest absolute Gasteiger partial charge is 0.310 e. The molecule has 13 rings (SSSR count). The summed E-state index contributed by atoms with van der Waals surface area (Å²) >= 11 is 0. The maximum absolute atomic E-state index is 2.52. The second kappa shape index (κ2) is 13.7. The summed E-state index contributed by atoms with van der Waals surface area (Å²) in [5, 5.41) is 0. The molecular formula is C60H57N.